The molecule has 0 saturated carbocycles. The van der Waals surface area contributed by atoms with Crippen LogP contribution in [0.4, 0.5) is 11.5 Å². The summed E-state index contributed by atoms with van der Waals surface area (Å²) >= 11 is 1.76. The number of carboxylic acids is 1. The van der Waals surface area contributed by atoms with Crippen LogP contribution in [0.1, 0.15) is 10.5 Å². The van der Waals surface area contributed by atoms with Crippen LogP contribution in [-0.2, 0) is 0 Å². The number of anilines is 1. The maximum Gasteiger partial charge on any atom is 0.354 e. The first-order chi connectivity index (χ1) is 8.59. The van der Waals surface area contributed by atoms with Gasteiger partial charge in [-0.25, -0.2) is 9.78 Å². The first-order valence-corrected chi connectivity index (χ1v) is 6.46. The molecule has 2 heterocycles. The fraction of sp³-hybridized carbons (Fsp3) is 0.400. The summed E-state index contributed by atoms with van der Waals surface area (Å²) in [5, 5.41) is 19.8. The van der Waals surface area contributed by atoms with Crippen molar-refractivity contribution in [3.8, 4) is 0 Å². The maximum atomic E-state index is 10.9. The largest absolute Gasteiger partial charge is 0.477 e. The minimum Gasteiger partial charge on any atom is -0.477 e. The van der Waals surface area contributed by atoms with Gasteiger partial charge in [0.2, 0.25) is 5.82 Å². The van der Waals surface area contributed by atoms with Crippen LogP contribution in [-0.4, -0.2) is 45.6 Å². The second kappa shape index (κ2) is 5.21. The molecule has 0 spiro atoms. The van der Waals surface area contributed by atoms with E-state index in [0.717, 1.165) is 17.6 Å². The van der Waals surface area contributed by atoms with Gasteiger partial charge in [-0.1, -0.05) is 0 Å². The van der Waals surface area contributed by atoms with Gasteiger partial charge in [-0.3, -0.25) is 10.1 Å². The molecule has 8 heteroatoms. The number of aromatic carboxylic acids is 1. The van der Waals surface area contributed by atoms with E-state index in [9.17, 15) is 14.9 Å². The number of carboxylic acid groups (broad SMARTS) is 1. The van der Waals surface area contributed by atoms with E-state index >= 15 is 0 Å². The molecule has 0 amide bonds. The second-order valence-corrected chi connectivity index (χ2v) is 4.93. The van der Waals surface area contributed by atoms with Crippen molar-refractivity contribution in [2.45, 2.75) is 0 Å². The summed E-state index contributed by atoms with van der Waals surface area (Å²) in [5.41, 5.74) is -0.319. The highest BCUT2D eigenvalue weighted by molar-refractivity contribution is 7.99. The fourth-order valence-electron chi connectivity index (χ4n) is 1.71. The van der Waals surface area contributed by atoms with Crippen molar-refractivity contribution in [1.82, 2.24) is 4.98 Å². The smallest absolute Gasteiger partial charge is 0.354 e. The van der Waals surface area contributed by atoms with Gasteiger partial charge in [0.05, 0.1) is 4.92 Å². The lowest BCUT2D eigenvalue weighted by molar-refractivity contribution is -0.384. The van der Waals surface area contributed by atoms with Crippen molar-refractivity contribution < 1.29 is 14.8 Å². The van der Waals surface area contributed by atoms with E-state index < -0.39 is 10.9 Å². The van der Waals surface area contributed by atoms with Crippen LogP contribution in [0.15, 0.2) is 12.1 Å². The SMILES string of the molecule is O=C(O)c1ccc([N+](=O)[O-])c(N2CCSCC2)n1. The molecule has 1 N–H and O–H groups in total. The van der Waals surface area contributed by atoms with Gasteiger partial charge in [0.25, 0.3) is 0 Å². The molecule has 0 bridgehead atoms. The fourth-order valence-corrected chi connectivity index (χ4v) is 2.61. The maximum absolute atomic E-state index is 10.9. The van der Waals surface area contributed by atoms with Crippen LogP contribution < -0.4 is 4.90 Å². The Morgan fingerprint density at radius 1 is 1.44 bits per heavy atom. The van der Waals surface area contributed by atoms with Crippen LogP contribution in [0.3, 0.4) is 0 Å². The Balaban J connectivity index is 2.42. The summed E-state index contributed by atoms with van der Waals surface area (Å²) < 4.78 is 0. The molecule has 0 aliphatic carbocycles. The van der Waals surface area contributed by atoms with Gasteiger partial charge in [0.15, 0.2) is 5.69 Å². The Morgan fingerprint density at radius 3 is 2.67 bits per heavy atom. The lowest BCUT2D eigenvalue weighted by atomic mass is 10.3. The van der Waals surface area contributed by atoms with Gasteiger partial charge in [-0.2, -0.15) is 11.8 Å². The molecule has 7 nitrogen and oxygen atoms in total. The van der Waals surface area contributed by atoms with Crippen LogP contribution in [0, 0.1) is 10.1 Å². The molecule has 96 valence electrons. The Bertz CT molecular complexity index is 488. The molecule has 0 unspecified atom stereocenters. The van der Waals surface area contributed by atoms with Crippen molar-refractivity contribution in [1.29, 1.82) is 0 Å². The highest BCUT2D eigenvalue weighted by Crippen LogP contribution is 2.28. The number of nitro groups is 1. The highest BCUT2D eigenvalue weighted by atomic mass is 32.2. The standard InChI is InChI=1S/C10H11N3O4S/c14-10(15)7-1-2-8(13(16)17)9(11-7)12-3-5-18-6-4-12/h1-2H,3-6H2,(H,14,15). The molecule has 0 atom stereocenters. The van der Waals surface area contributed by atoms with E-state index in [1.54, 1.807) is 16.7 Å². The highest BCUT2D eigenvalue weighted by Gasteiger charge is 2.24. The van der Waals surface area contributed by atoms with E-state index in [-0.39, 0.29) is 17.2 Å². The third kappa shape index (κ3) is 2.53. The zero-order valence-electron chi connectivity index (χ0n) is 9.40. The molecule has 0 radical (unpaired) electrons. The van der Waals surface area contributed by atoms with Crippen molar-refractivity contribution in [3.63, 3.8) is 0 Å². The van der Waals surface area contributed by atoms with Crippen molar-refractivity contribution in [3.05, 3.63) is 27.9 Å². The summed E-state index contributed by atoms with van der Waals surface area (Å²) in [6, 6.07) is 2.36. The number of hydrogen-bond donors (Lipinski definition) is 1. The van der Waals surface area contributed by atoms with Gasteiger partial charge in [0, 0.05) is 30.7 Å². The number of thioether (sulfide) groups is 1. The van der Waals surface area contributed by atoms with Crippen LogP contribution in [0.25, 0.3) is 0 Å². The minimum absolute atomic E-state index is 0.146. The first kappa shape index (κ1) is 12.6. The predicted octanol–water partition coefficient (Wildman–Crippen LogP) is 1.24. The zero-order chi connectivity index (χ0) is 13.1. The second-order valence-electron chi connectivity index (χ2n) is 3.70. The topological polar surface area (TPSA) is 96.6 Å². The van der Waals surface area contributed by atoms with E-state index in [1.807, 2.05) is 0 Å². The number of hydrogen-bond acceptors (Lipinski definition) is 6. The third-order valence-electron chi connectivity index (χ3n) is 2.58. The van der Waals surface area contributed by atoms with E-state index in [0.29, 0.717) is 13.1 Å². The molecule has 1 aromatic rings. The van der Waals surface area contributed by atoms with Crippen LogP contribution in [0.2, 0.25) is 0 Å². The Hall–Kier alpha value is -1.83. The quantitative estimate of drug-likeness (QED) is 0.651. The molecule has 2 rings (SSSR count). The van der Waals surface area contributed by atoms with E-state index in [2.05, 4.69) is 4.98 Å². The Kier molecular flexibility index (Phi) is 3.66. The normalized spacial score (nSPS) is 15.4. The minimum atomic E-state index is -1.18. The summed E-state index contributed by atoms with van der Waals surface area (Å²) in [5.74, 6) is 0.685. The van der Waals surface area contributed by atoms with Crippen molar-refractivity contribution in [2.75, 3.05) is 29.5 Å². The van der Waals surface area contributed by atoms with Crippen LogP contribution in [0.5, 0.6) is 0 Å². The Morgan fingerprint density at radius 2 is 2.11 bits per heavy atom. The lowest BCUT2D eigenvalue weighted by Crippen LogP contribution is -2.33. The molecular formula is C10H11N3O4S. The molecule has 1 aliphatic heterocycles. The Labute approximate surface area is 107 Å². The summed E-state index contributed by atoms with van der Waals surface area (Å²) in [7, 11) is 0. The molecule has 1 fully saturated rings. The van der Waals surface area contributed by atoms with E-state index in [1.165, 1.54) is 6.07 Å². The number of nitrogens with zero attached hydrogens (tertiary/aromatic N) is 3. The predicted molar refractivity (Wildman–Crippen MR) is 67.4 cm³/mol. The van der Waals surface area contributed by atoms with Gasteiger partial charge in [-0.05, 0) is 6.07 Å². The van der Waals surface area contributed by atoms with Gasteiger partial charge >= 0.3 is 11.7 Å². The molecule has 0 aromatic carbocycles. The number of pyridine rings is 1. The molecular weight excluding hydrogens is 258 g/mol. The summed E-state index contributed by atoms with van der Waals surface area (Å²) in [6.45, 7) is 1.28. The lowest BCUT2D eigenvalue weighted by Gasteiger charge is -2.27. The average Bonchev–Trinajstić information content (AvgIpc) is 2.39. The van der Waals surface area contributed by atoms with Crippen LogP contribution >= 0.6 is 11.8 Å². The molecule has 18 heavy (non-hydrogen) atoms. The van der Waals surface area contributed by atoms with Gasteiger partial charge in [-0.15, -0.1) is 0 Å². The number of carbonyl (C=O) groups is 1. The molecule has 1 saturated heterocycles. The number of rotatable bonds is 3. The molecule has 1 aliphatic rings. The van der Waals surface area contributed by atoms with E-state index in [4.69, 9.17) is 5.11 Å². The third-order valence-corrected chi connectivity index (χ3v) is 3.52. The summed E-state index contributed by atoms with van der Waals surface area (Å²) in [4.78, 5) is 26.9. The van der Waals surface area contributed by atoms with Gasteiger partial charge < -0.3 is 10.0 Å². The van der Waals surface area contributed by atoms with Gasteiger partial charge in [0.1, 0.15) is 0 Å². The average molecular weight is 269 g/mol. The molecule has 1 aromatic heterocycles. The number of aromatic nitrogens is 1. The van der Waals surface area contributed by atoms with Crippen molar-refractivity contribution >= 4 is 29.2 Å². The monoisotopic (exact) mass is 269 g/mol. The zero-order valence-corrected chi connectivity index (χ0v) is 10.2. The summed E-state index contributed by atoms with van der Waals surface area (Å²) in [6.07, 6.45) is 0. The van der Waals surface area contributed by atoms with Crippen molar-refractivity contribution in [2.24, 2.45) is 0 Å². The first-order valence-electron chi connectivity index (χ1n) is 5.31.